The van der Waals surface area contributed by atoms with Crippen molar-refractivity contribution in [1.82, 2.24) is 10.2 Å². The zero-order valence-electron chi connectivity index (χ0n) is 23.3. The number of benzene rings is 3. The van der Waals surface area contributed by atoms with Crippen LogP contribution in [-0.2, 0) is 26.2 Å². The minimum atomic E-state index is -4.15. The number of rotatable bonds is 11. The molecule has 0 bridgehead atoms. The van der Waals surface area contributed by atoms with Gasteiger partial charge in [0.05, 0.1) is 17.7 Å². The monoisotopic (exact) mass is 581 g/mol. The Bertz CT molecular complexity index is 1410. The van der Waals surface area contributed by atoms with E-state index >= 15 is 0 Å². The van der Waals surface area contributed by atoms with Crippen LogP contribution in [0.4, 0.5) is 10.1 Å². The summed E-state index contributed by atoms with van der Waals surface area (Å²) in [6.07, 6.45) is 4.96. The number of sulfonamides is 1. The van der Waals surface area contributed by atoms with Crippen molar-refractivity contribution in [2.24, 2.45) is 0 Å². The number of anilines is 1. The maximum absolute atomic E-state index is 14.0. The number of hydrogen-bond donors (Lipinski definition) is 1. The third-order valence-corrected chi connectivity index (χ3v) is 9.14. The van der Waals surface area contributed by atoms with Gasteiger partial charge in [0.15, 0.2) is 0 Å². The van der Waals surface area contributed by atoms with Gasteiger partial charge in [0.25, 0.3) is 10.0 Å². The van der Waals surface area contributed by atoms with Crippen LogP contribution < -0.4 is 14.4 Å². The number of ether oxygens (including phenoxy) is 1. The molecule has 2 amide bonds. The maximum Gasteiger partial charge on any atom is 0.264 e. The van der Waals surface area contributed by atoms with Gasteiger partial charge in [-0.1, -0.05) is 49.6 Å². The molecule has 1 fully saturated rings. The Morgan fingerprint density at radius 2 is 1.59 bits per heavy atom. The van der Waals surface area contributed by atoms with Crippen LogP contribution in [0.1, 0.15) is 44.6 Å². The van der Waals surface area contributed by atoms with E-state index in [1.807, 2.05) is 0 Å². The quantitative estimate of drug-likeness (QED) is 0.348. The zero-order chi connectivity index (χ0) is 29.4. The Labute approximate surface area is 241 Å². The van der Waals surface area contributed by atoms with E-state index in [9.17, 15) is 22.4 Å². The highest BCUT2D eigenvalue weighted by atomic mass is 32.2. The molecule has 10 heteroatoms. The standard InChI is InChI=1S/C31H36FN3O5S/c1-23(31(37)33-26-9-5-3-6-10-26)34(21-24-13-15-25(32)16-14-24)30(36)22-35(27-17-19-28(40-2)20-18-27)41(38,39)29-11-7-4-8-12-29/h4,7-8,11-20,23,26H,3,5-6,9-10,21-22H2,1-2H3,(H,33,37)/t23-/m0/s1. The highest BCUT2D eigenvalue weighted by Gasteiger charge is 2.33. The lowest BCUT2D eigenvalue weighted by molar-refractivity contribution is -0.139. The van der Waals surface area contributed by atoms with Crippen LogP contribution in [0.25, 0.3) is 0 Å². The molecule has 3 aromatic carbocycles. The first-order chi connectivity index (χ1) is 19.7. The fourth-order valence-corrected chi connectivity index (χ4v) is 6.37. The predicted octanol–water partition coefficient (Wildman–Crippen LogP) is 4.90. The number of halogens is 1. The van der Waals surface area contributed by atoms with E-state index in [0.29, 0.717) is 11.3 Å². The Kier molecular flexibility index (Phi) is 9.99. The Morgan fingerprint density at radius 3 is 2.20 bits per heavy atom. The molecule has 0 aliphatic heterocycles. The molecule has 218 valence electrons. The van der Waals surface area contributed by atoms with Crippen molar-refractivity contribution in [1.29, 1.82) is 0 Å². The van der Waals surface area contributed by atoms with Crippen molar-refractivity contribution in [2.75, 3.05) is 18.0 Å². The summed E-state index contributed by atoms with van der Waals surface area (Å²) in [5.74, 6) is -0.775. The van der Waals surface area contributed by atoms with E-state index in [1.165, 1.54) is 36.3 Å². The van der Waals surface area contributed by atoms with Crippen LogP contribution in [-0.4, -0.2) is 50.9 Å². The number of carbonyl (C=O) groups excluding carboxylic acids is 2. The number of hydrogen-bond acceptors (Lipinski definition) is 5. The van der Waals surface area contributed by atoms with Crippen LogP contribution in [0.15, 0.2) is 83.8 Å². The van der Waals surface area contributed by atoms with E-state index in [2.05, 4.69) is 5.32 Å². The van der Waals surface area contributed by atoms with E-state index in [0.717, 1.165) is 36.4 Å². The fourth-order valence-electron chi connectivity index (χ4n) is 4.93. The lowest BCUT2D eigenvalue weighted by Crippen LogP contribution is -2.53. The molecular weight excluding hydrogens is 545 g/mol. The predicted molar refractivity (Wildman–Crippen MR) is 155 cm³/mol. The van der Waals surface area contributed by atoms with Crippen molar-refractivity contribution < 1.29 is 27.1 Å². The molecule has 1 saturated carbocycles. The second-order valence-electron chi connectivity index (χ2n) is 10.2. The molecular formula is C31H36FN3O5S. The van der Waals surface area contributed by atoms with Gasteiger partial charge in [-0.25, -0.2) is 12.8 Å². The third-order valence-electron chi connectivity index (χ3n) is 7.36. The zero-order valence-corrected chi connectivity index (χ0v) is 24.1. The molecule has 1 aliphatic carbocycles. The maximum atomic E-state index is 14.0. The molecule has 0 heterocycles. The van der Waals surface area contributed by atoms with Gasteiger partial charge in [-0.2, -0.15) is 0 Å². The average molecular weight is 582 g/mol. The smallest absolute Gasteiger partial charge is 0.264 e. The summed E-state index contributed by atoms with van der Waals surface area (Å²) in [7, 11) is -2.65. The number of amides is 2. The lowest BCUT2D eigenvalue weighted by atomic mass is 9.95. The van der Waals surface area contributed by atoms with Crippen LogP contribution in [0, 0.1) is 5.82 Å². The van der Waals surface area contributed by atoms with Gasteiger partial charge in [-0.05, 0) is 73.9 Å². The van der Waals surface area contributed by atoms with Crippen molar-refractivity contribution in [3.8, 4) is 5.75 Å². The number of methoxy groups -OCH3 is 1. The summed E-state index contributed by atoms with van der Waals surface area (Å²) >= 11 is 0. The fraction of sp³-hybridized carbons (Fsp3) is 0.355. The Morgan fingerprint density at radius 1 is 0.951 bits per heavy atom. The highest BCUT2D eigenvalue weighted by Crippen LogP contribution is 2.26. The summed E-state index contributed by atoms with van der Waals surface area (Å²) in [5, 5.41) is 3.06. The molecule has 4 rings (SSSR count). The number of nitrogens with one attached hydrogen (secondary N) is 1. The molecule has 1 N–H and O–H groups in total. The minimum absolute atomic E-state index is 0.000202. The summed E-state index contributed by atoms with van der Waals surface area (Å²) < 4.78 is 47.5. The summed E-state index contributed by atoms with van der Waals surface area (Å²) in [5.41, 5.74) is 0.878. The third kappa shape index (κ3) is 7.64. The SMILES string of the molecule is COc1ccc(N(CC(=O)N(Cc2ccc(F)cc2)[C@@H](C)C(=O)NC2CCCCC2)S(=O)(=O)c2ccccc2)cc1. The van der Waals surface area contributed by atoms with Gasteiger partial charge in [0.2, 0.25) is 11.8 Å². The summed E-state index contributed by atoms with van der Waals surface area (Å²) in [6.45, 7) is 1.08. The second-order valence-corrected chi connectivity index (χ2v) is 12.1. The van der Waals surface area contributed by atoms with E-state index < -0.39 is 34.3 Å². The van der Waals surface area contributed by atoms with Crippen molar-refractivity contribution in [3.63, 3.8) is 0 Å². The van der Waals surface area contributed by atoms with Gasteiger partial charge in [-0.3, -0.25) is 13.9 Å². The van der Waals surface area contributed by atoms with Gasteiger partial charge < -0.3 is 15.0 Å². The first-order valence-corrected chi connectivity index (χ1v) is 15.2. The van der Waals surface area contributed by atoms with E-state index in [4.69, 9.17) is 4.74 Å². The van der Waals surface area contributed by atoms with Crippen LogP contribution in [0.5, 0.6) is 5.75 Å². The van der Waals surface area contributed by atoms with Crippen LogP contribution in [0.2, 0.25) is 0 Å². The van der Waals surface area contributed by atoms with Gasteiger partial charge in [0, 0.05) is 12.6 Å². The van der Waals surface area contributed by atoms with Crippen LogP contribution >= 0.6 is 0 Å². The topological polar surface area (TPSA) is 96.0 Å². The van der Waals surface area contributed by atoms with Gasteiger partial charge in [-0.15, -0.1) is 0 Å². The molecule has 0 spiro atoms. The molecule has 3 aromatic rings. The van der Waals surface area contributed by atoms with Gasteiger partial charge >= 0.3 is 0 Å². The summed E-state index contributed by atoms with van der Waals surface area (Å²) in [4.78, 5) is 28.7. The van der Waals surface area contributed by atoms with Gasteiger partial charge in [0.1, 0.15) is 24.2 Å². The molecule has 41 heavy (non-hydrogen) atoms. The molecule has 8 nitrogen and oxygen atoms in total. The Hall–Kier alpha value is -3.92. The number of carbonyl (C=O) groups is 2. The Balaban J connectivity index is 1.66. The van der Waals surface area contributed by atoms with Crippen molar-refractivity contribution in [2.45, 2.75) is 62.6 Å². The highest BCUT2D eigenvalue weighted by molar-refractivity contribution is 7.92. The van der Waals surface area contributed by atoms with Crippen molar-refractivity contribution >= 4 is 27.5 Å². The molecule has 0 unspecified atom stereocenters. The van der Waals surface area contributed by atoms with E-state index in [-0.39, 0.29) is 29.1 Å². The number of nitrogens with zero attached hydrogens (tertiary/aromatic N) is 2. The largest absolute Gasteiger partial charge is 0.497 e. The molecule has 1 atom stereocenters. The van der Waals surface area contributed by atoms with Crippen LogP contribution in [0.3, 0.4) is 0 Å². The van der Waals surface area contributed by atoms with E-state index in [1.54, 1.807) is 61.5 Å². The molecule has 1 aliphatic rings. The minimum Gasteiger partial charge on any atom is -0.497 e. The first kappa shape index (κ1) is 30.0. The molecule has 0 radical (unpaired) electrons. The normalized spacial score (nSPS) is 14.6. The summed E-state index contributed by atoms with van der Waals surface area (Å²) in [6, 6.07) is 19.0. The average Bonchev–Trinajstić information content (AvgIpc) is 3.00. The second kappa shape index (κ2) is 13.6. The molecule has 0 saturated heterocycles. The lowest BCUT2D eigenvalue weighted by Gasteiger charge is -2.33. The first-order valence-electron chi connectivity index (χ1n) is 13.7. The van der Waals surface area contributed by atoms with Crippen molar-refractivity contribution in [3.05, 3.63) is 90.2 Å². The molecule has 0 aromatic heterocycles.